The molecular weight excluding hydrogens is 374 g/mol. The van der Waals surface area contributed by atoms with Gasteiger partial charge in [0.05, 0.1) is 31.5 Å². The van der Waals surface area contributed by atoms with E-state index in [1.165, 1.54) is 0 Å². The molecular formula is C21H25N3O5. The number of methoxy groups -OCH3 is 1. The third-order valence-electron chi connectivity index (χ3n) is 5.28. The first-order valence-corrected chi connectivity index (χ1v) is 9.93. The summed E-state index contributed by atoms with van der Waals surface area (Å²) in [6.45, 7) is 4.52. The number of ether oxygens (including phenoxy) is 3. The molecule has 3 heterocycles. The van der Waals surface area contributed by atoms with Crippen LogP contribution in [0.25, 0.3) is 10.9 Å². The van der Waals surface area contributed by atoms with Gasteiger partial charge in [-0.3, -0.25) is 9.48 Å². The highest BCUT2D eigenvalue weighted by atomic mass is 16.5. The zero-order valence-electron chi connectivity index (χ0n) is 16.7. The van der Waals surface area contributed by atoms with Crippen LogP contribution in [0.5, 0.6) is 5.75 Å². The number of rotatable bonds is 7. The van der Waals surface area contributed by atoms with Gasteiger partial charge in [-0.2, -0.15) is 5.10 Å². The Labute approximate surface area is 169 Å². The van der Waals surface area contributed by atoms with Crippen molar-refractivity contribution in [3.8, 4) is 5.75 Å². The summed E-state index contributed by atoms with van der Waals surface area (Å²) >= 11 is 0. The highest BCUT2D eigenvalue weighted by Gasteiger charge is 2.37. The minimum atomic E-state index is -0.549. The molecule has 1 aromatic carbocycles. The van der Waals surface area contributed by atoms with Gasteiger partial charge in [0.15, 0.2) is 5.78 Å². The Morgan fingerprint density at radius 3 is 2.93 bits per heavy atom. The summed E-state index contributed by atoms with van der Waals surface area (Å²) < 4.78 is 18.0. The Bertz CT molecular complexity index is 965. The lowest BCUT2D eigenvalue weighted by molar-refractivity contribution is -0.140. The number of fused-ring (bicyclic) bond motifs is 5. The van der Waals surface area contributed by atoms with Crippen LogP contribution in [-0.2, 0) is 25.6 Å². The summed E-state index contributed by atoms with van der Waals surface area (Å²) in [4.78, 5) is 26.8. The normalized spacial score (nSPS) is 18.3. The molecule has 0 saturated heterocycles. The van der Waals surface area contributed by atoms with Gasteiger partial charge in [-0.1, -0.05) is 12.1 Å². The minimum Gasteiger partial charge on any atom is -0.491 e. The molecule has 0 bridgehead atoms. The number of benzene rings is 1. The zero-order chi connectivity index (χ0) is 20.4. The maximum absolute atomic E-state index is 12.6. The number of Topliss-reactive ketones (excluding diaryl/α,β-unsaturated/α-hetero) is 1. The van der Waals surface area contributed by atoms with Crippen LogP contribution in [0.2, 0.25) is 0 Å². The molecule has 0 radical (unpaired) electrons. The van der Waals surface area contributed by atoms with E-state index in [0.29, 0.717) is 26.3 Å². The summed E-state index contributed by atoms with van der Waals surface area (Å²) in [6, 6.07) is 5.72. The van der Waals surface area contributed by atoms with E-state index in [-0.39, 0.29) is 30.4 Å². The fourth-order valence-corrected chi connectivity index (χ4v) is 3.96. The van der Waals surface area contributed by atoms with Crippen molar-refractivity contribution in [3.05, 3.63) is 35.7 Å². The van der Waals surface area contributed by atoms with E-state index in [1.807, 2.05) is 22.9 Å². The number of esters is 1. The van der Waals surface area contributed by atoms with Crippen molar-refractivity contribution in [2.24, 2.45) is 0 Å². The van der Waals surface area contributed by atoms with Crippen molar-refractivity contribution >= 4 is 22.7 Å². The largest absolute Gasteiger partial charge is 0.491 e. The Morgan fingerprint density at radius 2 is 2.14 bits per heavy atom. The zero-order valence-corrected chi connectivity index (χ0v) is 16.7. The number of aromatic nitrogens is 2. The summed E-state index contributed by atoms with van der Waals surface area (Å²) in [5.74, 6) is -0.0111. The quantitative estimate of drug-likeness (QED) is 0.401. The molecule has 0 aliphatic carbocycles. The second-order valence-corrected chi connectivity index (χ2v) is 7.10. The molecule has 1 unspecified atom stereocenters. The van der Waals surface area contributed by atoms with Gasteiger partial charge in [-0.15, -0.1) is 0 Å². The molecule has 0 N–H and O–H groups in total. The van der Waals surface area contributed by atoms with Gasteiger partial charge in [0.2, 0.25) is 0 Å². The van der Waals surface area contributed by atoms with Crippen molar-refractivity contribution in [1.82, 2.24) is 14.7 Å². The predicted octanol–water partition coefficient (Wildman–Crippen LogP) is 2.23. The topological polar surface area (TPSA) is 82.9 Å². The van der Waals surface area contributed by atoms with E-state index in [1.54, 1.807) is 20.2 Å². The van der Waals surface area contributed by atoms with E-state index in [4.69, 9.17) is 19.3 Å². The average Bonchev–Trinajstić information content (AvgIpc) is 3.11. The lowest BCUT2D eigenvalue weighted by Crippen LogP contribution is -2.40. The number of hydrogen-bond acceptors (Lipinski definition) is 7. The molecule has 2 aromatic rings. The fraction of sp³-hybridized carbons (Fsp3) is 0.476. The summed E-state index contributed by atoms with van der Waals surface area (Å²) in [6.07, 6.45) is 2.68. The highest BCUT2D eigenvalue weighted by molar-refractivity contribution is 6.18. The second kappa shape index (κ2) is 8.24. The van der Waals surface area contributed by atoms with Gasteiger partial charge < -0.3 is 19.1 Å². The van der Waals surface area contributed by atoms with Crippen molar-refractivity contribution in [1.29, 1.82) is 0 Å². The van der Waals surface area contributed by atoms with Crippen molar-refractivity contribution < 1.29 is 23.8 Å². The molecule has 4 rings (SSSR count). The first kappa shape index (κ1) is 19.4. The second-order valence-electron chi connectivity index (χ2n) is 7.10. The number of carbonyl (C=O) groups is 2. The van der Waals surface area contributed by atoms with Crippen LogP contribution in [0.15, 0.2) is 30.0 Å². The maximum atomic E-state index is 12.6. The van der Waals surface area contributed by atoms with E-state index in [0.717, 1.165) is 28.8 Å². The molecule has 0 saturated carbocycles. The first-order valence-electron chi connectivity index (χ1n) is 9.93. The van der Waals surface area contributed by atoms with Gasteiger partial charge in [0, 0.05) is 44.7 Å². The van der Waals surface area contributed by atoms with Gasteiger partial charge >= 0.3 is 5.97 Å². The molecule has 154 valence electrons. The third-order valence-corrected chi connectivity index (χ3v) is 5.28. The van der Waals surface area contributed by atoms with Gasteiger partial charge in [0.1, 0.15) is 16.8 Å². The van der Waals surface area contributed by atoms with E-state index in [2.05, 4.69) is 4.90 Å². The van der Waals surface area contributed by atoms with Crippen molar-refractivity contribution in [2.75, 3.05) is 33.5 Å². The smallest absolute Gasteiger partial charge is 0.343 e. The van der Waals surface area contributed by atoms with E-state index in [9.17, 15) is 9.59 Å². The van der Waals surface area contributed by atoms with Crippen molar-refractivity contribution in [3.63, 3.8) is 0 Å². The van der Waals surface area contributed by atoms with Crippen LogP contribution in [-0.4, -0.2) is 59.9 Å². The Kier molecular flexibility index (Phi) is 5.53. The third kappa shape index (κ3) is 3.60. The molecule has 1 aromatic heterocycles. The minimum absolute atomic E-state index is 0.127. The molecule has 8 nitrogen and oxygen atoms in total. The Hall–Kier alpha value is -2.87. The van der Waals surface area contributed by atoms with Crippen LogP contribution in [0.3, 0.4) is 0 Å². The van der Waals surface area contributed by atoms with Crippen LogP contribution in [0.4, 0.5) is 0 Å². The lowest BCUT2D eigenvalue weighted by atomic mass is 9.93. The molecule has 2 aliphatic heterocycles. The maximum Gasteiger partial charge on any atom is 0.343 e. The summed E-state index contributed by atoms with van der Waals surface area (Å²) in [7, 11) is 1.67. The molecule has 8 heteroatoms. The SMILES string of the molecule is CCOC(=O)C1=CN2CCn3nc4c(OCCCOC)cccc4c3C2CC1=O. The monoisotopic (exact) mass is 399 g/mol. The number of hydrogen-bond donors (Lipinski definition) is 0. The van der Waals surface area contributed by atoms with Crippen LogP contribution in [0.1, 0.15) is 31.5 Å². The van der Waals surface area contributed by atoms with E-state index >= 15 is 0 Å². The summed E-state index contributed by atoms with van der Waals surface area (Å²) in [5, 5.41) is 5.74. The molecule has 1 atom stereocenters. The van der Waals surface area contributed by atoms with Gasteiger partial charge in [0.25, 0.3) is 0 Å². The molecule has 0 spiro atoms. The lowest BCUT2D eigenvalue weighted by Gasteiger charge is -2.38. The fourth-order valence-electron chi connectivity index (χ4n) is 3.96. The first-order chi connectivity index (χ1) is 14.1. The average molecular weight is 399 g/mol. The molecule has 29 heavy (non-hydrogen) atoms. The molecule has 0 amide bonds. The van der Waals surface area contributed by atoms with Crippen LogP contribution >= 0.6 is 0 Å². The Balaban J connectivity index is 1.65. The van der Waals surface area contributed by atoms with Crippen molar-refractivity contribution in [2.45, 2.75) is 32.4 Å². The molecule has 2 aliphatic rings. The summed E-state index contributed by atoms with van der Waals surface area (Å²) in [5.41, 5.74) is 1.91. The van der Waals surface area contributed by atoms with Gasteiger partial charge in [-0.05, 0) is 13.0 Å². The van der Waals surface area contributed by atoms with E-state index < -0.39 is 5.97 Å². The van der Waals surface area contributed by atoms with Crippen LogP contribution < -0.4 is 4.74 Å². The number of nitrogens with zero attached hydrogens (tertiary/aromatic N) is 3. The predicted molar refractivity (Wildman–Crippen MR) is 106 cm³/mol. The van der Waals surface area contributed by atoms with Gasteiger partial charge in [-0.25, -0.2) is 4.79 Å². The highest BCUT2D eigenvalue weighted by Crippen LogP contribution is 2.39. The number of carbonyl (C=O) groups excluding carboxylic acids is 2. The standard InChI is InChI=1S/C21H25N3O5/c1-3-28-21(26)15-13-23-8-9-24-20(16(23)12-17(15)25)14-6-4-7-18(19(14)22-24)29-11-5-10-27-2/h4,6-7,13,16H,3,5,8-12H2,1-2H3. The molecule has 0 fully saturated rings. The number of ketones is 1. The van der Waals surface area contributed by atoms with Crippen LogP contribution in [0, 0.1) is 0 Å². The Morgan fingerprint density at radius 1 is 1.28 bits per heavy atom.